The molecule has 0 spiro atoms. The van der Waals surface area contributed by atoms with Crippen LogP contribution in [0.25, 0.3) is 0 Å². The fraction of sp³-hybridized carbons (Fsp3) is 0.235. The summed E-state index contributed by atoms with van der Waals surface area (Å²) >= 11 is 0. The van der Waals surface area contributed by atoms with E-state index in [4.69, 9.17) is 10.00 Å². The molecule has 1 N–H and O–H groups in total. The number of aryl methyl sites for hydroxylation is 1. The first-order chi connectivity index (χ1) is 9.60. The Balaban J connectivity index is 2.16. The maximum atomic E-state index is 9.79. The Morgan fingerprint density at radius 1 is 1.25 bits per heavy atom. The van der Waals surface area contributed by atoms with E-state index in [-0.39, 0.29) is 0 Å². The van der Waals surface area contributed by atoms with Crippen LogP contribution in [0.5, 0.6) is 5.75 Å². The average Bonchev–Trinajstić information content (AvgIpc) is 2.46. The standard InChI is InChI=1S/C17H17NO2/c1-12-6-7-17(16(8-12)13(2)19)20-11-15-5-3-4-14(9-15)10-18/h3-9,13,19H,11H2,1-2H3. The number of nitrogens with zero attached hydrogens (tertiary/aromatic N) is 1. The normalized spacial score (nSPS) is 11.7. The lowest BCUT2D eigenvalue weighted by molar-refractivity contribution is 0.190. The molecule has 0 fully saturated rings. The number of nitriles is 1. The van der Waals surface area contributed by atoms with Gasteiger partial charge in [0.25, 0.3) is 0 Å². The molecule has 2 aromatic carbocycles. The van der Waals surface area contributed by atoms with Crippen molar-refractivity contribution in [2.75, 3.05) is 0 Å². The van der Waals surface area contributed by atoms with Gasteiger partial charge < -0.3 is 9.84 Å². The quantitative estimate of drug-likeness (QED) is 0.922. The molecular formula is C17H17NO2. The highest BCUT2D eigenvalue weighted by Crippen LogP contribution is 2.27. The van der Waals surface area contributed by atoms with Gasteiger partial charge in [0, 0.05) is 5.56 Å². The summed E-state index contributed by atoms with van der Waals surface area (Å²) in [4.78, 5) is 0. The zero-order valence-corrected chi connectivity index (χ0v) is 11.6. The number of hydrogen-bond donors (Lipinski definition) is 1. The van der Waals surface area contributed by atoms with E-state index in [9.17, 15) is 5.11 Å². The molecule has 2 aromatic rings. The van der Waals surface area contributed by atoms with Crippen LogP contribution in [-0.4, -0.2) is 5.11 Å². The predicted molar refractivity (Wildman–Crippen MR) is 77.3 cm³/mol. The van der Waals surface area contributed by atoms with Crippen LogP contribution in [0, 0.1) is 18.3 Å². The van der Waals surface area contributed by atoms with E-state index >= 15 is 0 Å². The number of aliphatic hydroxyl groups is 1. The number of rotatable bonds is 4. The molecule has 0 saturated carbocycles. The summed E-state index contributed by atoms with van der Waals surface area (Å²) in [5, 5.41) is 18.7. The second-order valence-corrected chi connectivity index (χ2v) is 4.82. The summed E-state index contributed by atoms with van der Waals surface area (Å²) in [6, 6.07) is 15.2. The monoisotopic (exact) mass is 267 g/mol. The third kappa shape index (κ3) is 3.37. The fourth-order valence-electron chi connectivity index (χ4n) is 2.02. The van der Waals surface area contributed by atoms with Crippen LogP contribution in [-0.2, 0) is 6.61 Å². The molecule has 0 radical (unpaired) electrons. The van der Waals surface area contributed by atoms with Crippen LogP contribution in [0.2, 0.25) is 0 Å². The maximum Gasteiger partial charge on any atom is 0.125 e. The van der Waals surface area contributed by atoms with E-state index in [0.29, 0.717) is 17.9 Å². The van der Waals surface area contributed by atoms with Gasteiger partial charge in [-0.05, 0) is 43.7 Å². The summed E-state index contributed by atoms with van der Waals surface area (Å²) in [6.07, 6.45) is -0.574. The van der Waals surface area contributed by atoms with Gasteiger partial charge >= 0.3 is 0 Å². The Morgan fingerprint density at radius 2 is 2.05 bits per heavy atom. The van der Waals surface area contributed by atoms with Gasteiger partial charge in [0.1, 0.15) is 12.4 Å². The van der Waals surface area contributed by atoms with Gasteiger partial charge in [0.2, 0.25) is 0 Å². The molecule has 1 atom stereocenters. The molecule has 0 aliphatic heterocycles. The molecule has 3 nitrogen and oxygen atoms in total. The highest BCUT2D eigenvalue weighted by molar-refractivity contribution is 5.39. The van der Waals surface area contributed by atoms with Gasteiger partial charge in [0.05, 0.1) is 17.7 Å². The summed E-state index contributed by atoms with van der Waals surface area (Å²) in [6.45, 7) is 4.07. The molecule has 102 valence electrons. The zero-order chi connectivity index (χ0) is 14.5. The minimum absolute atomic E-state index is 0.373. The van der Waals surface area contributed by atoms with Crippen molar-refractivity contribution in [2.24, 2.45) is 0 Å². The Kier molecular flexibility index (Phi) is 4.39. The number of benzene rings is 2. The average molecular weight is 267 g/mol. The summed E-state index contributed by atoms with van der Waals surface area (Å²) in [5.41, 5.74) is 3.41. The predicted octanol–water partition coefficient (Wildman–Crippen LogP) is 3.50. The minimum atomic E-state index is -0.574. The van der Waals surface area contributed by atoms with Crippen molar-refractivity contribution in [1.29, 1.82) is 5.26 Å². The Bertz CT molecular complexity index is 642. The lowest BCUT2D eigenvalue weighted by atomic mass is 10.1. The SMILES string of the molecule is Cc1ccc(OCc2cccc(C#N)c2)c(C(C)O)c1. The van der Waals surface area contributed by atoms with Crippen LogP contribution in [0.4, 0.5) is 0 Å². The van der Waals surface area contributed by atoms with Gasteiger partial charge in [-0.2, -0.15) is 5.26 Å². The van der Waals surface area contributed by atoms with Gasteiger partial charge in [-0.3, -0.25) is 0 Å². The Morgan fingerprint density at radius 3 is 2.75 bits per heavy atom. The smallest absolute Gasteiger partial charge is 0.125 e. The van der Waals surface area contributed by atoms with E-state index in [1.54, 1.807) is 19.1 Å². The molecule has 0 aromatic heterocycles. The third-order valence-corrected chi connectivity index (χ3v) is 3.07. The molecule has 0 bridgehead atoms. The van der Waals surface area contributed by atoms with Gasteiger partial charge in [-0.25, -0.2) is 0 Å². The lowest BCUT2D eigenvalue weighted by Gasteiger charge is -2.14. The topological polar surface area (TPSA) is 53.2 Å². The van der Waals surface area contributed by atoms with Crippen LogP contribution in [0.15, 0.2) is 42.5 Å². The van der Waals surface area contributed by atoms with Crippen LogP contribution in [0.3, 0.4) is 0 Å². The van der Waals surface area contributed by atoms with Gasteiger partial charge in [0.15, 0.2) is 0 Å². The van der Waals surface area contributed by atoms with E-state index in [2.05, 4.69) is 6.07 Å². The molecule has 0 aliphatic carbocycles. The van der Waals surface area contributed by atoms with Crippen molar-refractivity contribution in [3.8, 4) is 11.8 Å². The fourth-order valence-corrected chi connectivity index (χ4v) is 2.02. The maximum absolute atomic E-state index is 9.79. The minimum Gasteiger partial charge on any atom is -0.489 e. The highest BCUT2D eigenvalue weighted by atomic mass is 16.5. The van der Waals surface area contributed by atoms with Crippen LogP contribution >= 0.6 is 0 Å². The highest BCUT2D eigenvalue weighted by Gasteiger charge is 2.09. The first kappa shape index (κ1) is 14.1. The third-order valence-electron chi connectivity index (χ3n) is 3.07. The van der Waals surface area contributed by atoms with Crippen molar-refractivity contribution in [3.05, 3.63) is 64.7 Å². The Hall–Kier alpha value is -2.31. The van der Waals surface area contributed by atoms with Crippen LogP contribution in [0.1, 0.15) is 35.3 Å². The Labute approximate surface area is 119 Å². The molecule has 0 aliphatic rings. The summed E-state index contributed by atoms with van der Waals surface area (Å²) < 4.78 is 5.77. The van der Waals surface area contributed by atoms with E-state index < -0.39 is 6.10 Å². The molecule has 0 saturated heterocycles. The van der Waals surface area contributed by atoms with Crippen molar-refractivity contribution in [3.63, 3.8) is 0 Å². The van der Waals surface area contributed by atoms with Crippen molar-refractivity contribution in [1.82, 2.24) is 0 Å². The molecule has 20 heavy (non-hydrogen) atoms. The van der Waals surface area contributed by atoms with Crippen molar-refractivity contribution < 1.29 is 9.84 Å². The lowest BCUT2D eigenvalue weighted by Crippen LogP contribution is -2.01. The van der Waals surface area contributed by atoms with Crippen molar-refractivity contribution in [2.45, 2.75) is 26.6 Å². The molecular weight excluding hydrogens is 250 g/mol. The van der Waals surface area contributed by atoms with E-state index in [1.165, 1.54) is 0 Å². The molecule has 2 rings (SSSR count). The van der Waals surface area contributed by atoms with Crippen molar-refractivity contribution >= 4 is 0 Å². The first-order valence-corrected chi connectivity index (χ1v) is 6.50. The zero-order valence-electron chi connectivity index (χ0n) is 11.6. The van der Waals surface area contributed by atoms with Crippen LogP contribution < -0.4 is 4.74 Å². The molecule has 0 amide bonds. The van der Waals surface area contributed by atoms with Gasteiger partial charge in [-0.15, -0.1) is 0 Å². The van der Waals surface area contributed by atoms with Gasteiger partial charge in [-0.1, -0.05) is 23.8 Å². The van der Waals surface area contributed by atoms with E-state index in [1.807, 2.05) is 37.3 Å². The first-order valence-electron chi connectivity index (χ1n) is 6.50. The number of hydrogen-bond acceptors (Lipinski definition) is 3. The number of ether oxygens (including phenoxy) is 1. The second-order valence-electron chi connectivity index (χ2n) is 4.82. The molecule has 3 heteroatoms. The summed E-state index contributed by atoms with van der Waals surface area (Å²) in [5.74, 6) is 0.674. The second kappa shape index (κ2) is 6.23. The van der Waals surface area contributed by atoms with E-state index in [0.717, 1.165) is 16.7 Å². The number of aliphatic hydroxyl groups excluding tert-OH is 1. The largest absolute Gasteiger partial charge is 0.489 e. The molecule has 1 unspecified atom stereocenters. The molecule has 0 heterocycles. The summed E-state index contributed by atoms with van der Waals surface area (Å²) in [7, 11) is 0.